The molecule has 0 aromatic heterocycles. The summed E-state index contributed by atoms with van der Waals surface area (Å²) in [6.45, 7) is 13.9. The minimum Gasteiger partial charge on any atom is -0.444 e. The van der Waals surface area contributed by atoms with Crippen LogP contribution in [0.4, 0.5) is 4.79 Å². The summed E-state index contributed by atoms with van der Waals surface area (Å²) >= 11 is 0. The van der Waals surface area contributed by atoms with Gasteiger partial charge in [0.15, 0.2) is 0 Å². The van der Waals surface area contributed by atoms with Gasteiger partial charge in [-0.05, 0) is 60.3 Å². The molecule has 2 saturated heterocycles. The molecule has 0 spiro atoms. The Morgan fingerprint density at radius 1 is 1.03 bits per heavy atom. The van der Waals surface area contributed by atoms with Crippen LogP contribution in [0, 0.1) is 11.8 Å². The molecule has 9 heteroatoms. The number of rotatable bonds is 6. The zero-order valence-corrected chi connectivity index (χ0v) is 20.5. The van der Waals surface area contributed by atoms with Crippen molar-refractivity contribution >= 4 is 23.8 Å². The second kappa shape index (κ2) is 10.5. The molecule has 2 rings (SSSR count). The van der Waals surface area contributed by atoms with Gasteiger partial charge in [0.05, 0.1) is 5.92 Å². The van der Waals surface area contributed by atoms with E-state index in [1.807, 2.05) is 25.7 Å². The molecule has 4 amide bonds. The molecule has 0 aliphatic carbocycles. The predicted molar refractivity (Wildman–Crippen MR) is 121 cm³/mol. The SMILES string of the molecule is CC(C)(C)OC(=O)NCCC(=O)NCC1CCN(C(=O)C2CC(=O)N(C(C)(C)C)C2)CC1. The normalized spacial score (nSPS) is 20.3. The fraction of sp³-hybridized carbons (Fsp3) is 0.826. The van der Waals surface area contributed by atoms with E-state index in [-0.39, 0.29) is 42.1 Å². The van der Waals surface area contributed by atoms with E-state index in [9.17, 15) is 19.2 Å². The lowest BCUT2D eigenvalue weighted by molar-refractivity contribution is -0.137. The summed E-state index contributed by atoms with van der Waals surface area (Å²) in [6, 6.07) is 0. The number of hydrogen-bond donors (Lipinski definition) is 2. The van der Waals surface area contributed by atoms with E-state index in [1.54, 1.807) is 25.7 Å². The molecular weight excluding hydrogens is 412 g/mol. The van der Waals surface area contributed by atoms with Gasteiger partial charge in [-0.2, -0.15) is 0 Å². The van der Waals surface area contributed by atoms with Gasteiger partial charge in [-0.3, -0.25) is 14.4 Å². The third kappa shape index (κ3) is 7.98. The zero-order chi connectivity index (χ0) is 24.1. The molecule has 2 N–H and O–H groups in total. The average molecular weight is 453 g/mol. The number of ether oxygens (including phenoxy) is 1. The molecule has 2 aliphatic rings. The van der Waals surface area contributed by atoms with E-state index < -0.39 is 11.7 Å². The minimum atomic E-state index is -0.568. The molecule has 1 atom stereocenters. The number of alkyl carbamates (subject to hydrolysis) is 1. The highest BCUT2D eigenvalue weighted by Gasteiger charge is 2.41. The Hall–Kier alpha value is -2.32. The van der Waals surface area contributed by atoms with Crippen molar-refractivity contribution < 1.29 is 23.9 Å². The van der Waals surface area contributed by atoms with Crippen molar-refractivity contribution in [2.75, 3.05) is 32.7 Å². The van der Waals surface area contributed by atoms with Crippen LogP contribution in [0.15, 0.2) is 0 Å². The number of piperidine rings is 1. The molecule has 0 aromatic rings. The van der Waals surface area contributed by atoms with Crippen LogP contribution in [0.1, 0.15) is 67.2 Å². The molecule has 2 aliphatic heterocycles. The summed E-state index contributed by atoms with van der Waals surface area (Å²) in [7, 11) is 0. The average Bonchev–Trinajstić information content (AvgIpc) is 3.07. The summed E-state index contributed by atoms with van der Waals surface area (Å²) in [6.07, 6.45) is 1.61. The van der Waals surface area contributed by atoms with Gasteiger partial charge in [-0.1, -0.05) is 0 Å². The number of hydrogen-bond acceptors (Lipinski definition) is 5. The molecule has 0 radical (unpaired) electrons. The van der Waals surface area contributed by atoms with Gasteiger partial charge in [0.2, 0.25) is 17.7 Å². The largest absolute Gasteiger partial charge is 0.444 e. The maximum atomic E-state index is 12.9. The van der Waals surface area contributed by atoms with Gasteiger partial charge in [0, 0.05) is 51.1 Å². The van der Waals surface area contributed by atoms with Crippen LogP contribution in [0.5, 0.6) is 0 Å². The Morgan fingerprint density at radius 2 is 1.66 bits per heavy atom. The first-order valence-corrected chi connectivity index (χ1v) is 11.6. The van der Waals surface area contributed by atoms with Gasteiger partial charge >= 0.3 is 6.09 Å². The maximum Gasteiger partial charge on any atom is 0.407 e. The molecule has 0 saturated carbocycles. The van der Waals surface area contributed by atoms with Crippen molar-refractivity contribution in [3.8, 4) is 0 Å². The van der Waals surface area contributed by atoms with E-state index in [1.165, 1.54) is 0 Å². The lowest BCUT2D eigenvalue weighted by Crippen LogP contribution is -2.46. The number of nitrogens with one attached hydrogen (secondary N) is 2. The Morgan fingerprint density at radius 3 is 2.19 bits per heavy atom. The van der Waals surface area contributed by atoms with Gasteiger partial charge in [0.25, 0.3) is 0 Å². The Bertz CT molecular complexity index is 702. The second-order valence-corrected chi connectivity index (χ2v) is 10.8. The monoisotopic (exact) mass is 452 g/mol. The fourth-order valence-corrected chi connectivity index (χ4v) is 4.08. The van der Waals surface area contributed by atoms with Crippen LogP contribution >= 0.6 is 0 Å². The van der Waals surface area contributed by atoms with Crippen LogP contribution in [0.2, 0.25) is 0 Å². The maximum absolute atomic E-state index is 12.9. The first-order chi connectivity index (χ1) is 14.8. The van der Waals surface area contributed by atoms with E-state index in [0.29, 0.717) is 38.5 Å². The smallest absolute Gasteiger partial charge is 0.407 e. The molecule has 2 heterocycles. The molecule has 9 nitrogen and oxygen atoms in total. The van der Waals surface area contributed by atoms with Crippen molar-refractivity contribution in [2.45, 2.75) is 78.4 Å². The van der Waals surface area contributed by atoms with Gasteiger partial charge < -0.3 is 25.2 Å². The number of carbonyl (C=O) groups excluding carboxylic acids is 4. The van der Waals surface area contributed by atoms with Crippen molar-refractivity contribution in [3.63, 3.8) is 0 Å². The number of nitrogens with zero attached hydrogens (tertiary/aromatic N) is 2. The third-order valence-corrected chi connectivity index (χ3v) is 5.82. The van der Waals surface area contributed by atoms with E-state index in [0.717, 1.165) is 12.8 Å². The summed E-state index contributed by atoms with van der Waals surface area (Å²) in [5.74, 6) is 0.0651. The quantitative estimate of drug-likeness (QED) is 0.640. The zero-order valence-electron chi connectivity index (χ0n) is 20.5. The van der Waals surface area contributed by atoms with E-state index in [4.69, 9.17) is 4.74 Å². The van der Waals surface area contributed by atoms with Crippen molar-refractivity contribution in [3.05, 3.63) is 0 Å². The van der Waals surface area contributed by atoms with Crippen LogP contribution in [0.25, 0.3) is 0 Å². The Balaban J connectivity index is 1.65. The van der Waals surface area contributed by atoms with E-state index >= 15 is 0 Å². The van der Waals surface area contributed by atoms with Crippen molar-refractivity contribution in [1.82, 2.24) is 20.4 Å². The Kier molecular flexibility index (Phi) is 8.54. The van der Waals surface area contributed by atoms with E-state index in [2.05, 4.69) is 10.6 Å². The van der Waals surface area contributed by atoms with Crippen molar-refractivity contribution in [1.29, 1.82) is 0 Å². The lowest BCUT2D eigenvalue weighted by atomic mass is 9.95. The number of carbonyl (C=O) groups is 4. The van der Waals surface area contributed by atoms with Gasteiger partial charge in [-0.25, -0.2) is 4.79 Å². The first-order valence-electron chi connectivity index (χ1n) is 11.6. The molecule has 1 unspecified atom stereocenters. The summed E-state index contributed by atoms with van der Waals surface area (Å²) in [5, 5.41) is 5.49. The minimum absolute atomic E-state index is 0.0506. The van der Waals surface area contributed by atoms with Crippen LogP contribution < -0.4 is 10.6 Å². The predicted octanol–water partition coefficient (Wildman–Crippen LogP) is 1.90. The number of likely N-dealkylation sites (tertiary alicyclic amines) is 2. The fourth-order valence-electron chi connectivity index (χ4n) is 4.08. The highest BCUT2D eigenvalue weighted by Crippen LogP contribution is 2.28. The molecule has 32 heavy (non-hydrogen) atoms. The molecule has 2 fully saturated rings. The second-order valence-electron chi connectivity index (χ2n) is 10.8. The summed E-state index contributed by atoms with van der Waals surface area (Å²) < 4.78 is 5.13. The summed E-state index contributed by atoms with van der Waals surface area (Å²) in [4.78, 5) is 52.5. The van der Waals surface area contributed by atoms with Crippen molar-refractivity contribution in [2.24, 2.45) is 11.8 Å². The third-order valence-electron chi connectivity index (χ3n) is 5.82. The van der Waals surface area contributed by atoms with Crippen LogP contribution in [0.3, 0.4) is 0 Å². The first kappa shape index (κ1) is 25.9. The summed E-state index contributed by atoms with van der Waals surface area (Å²) in [5.41, 5.74) is -0.832. The van der Waals surface area contributed by atoms with Crippen LogP contribution in [-0.4, -0.2) is 77.5 Å². The molecule has 0 aromatic carbocycles. The standard InChI is InChI=1S/C23H40N4O5/c1-22(2,3)27-15-17(13-19(27)29)20(30)26-11-8-16(9-12-26)14-25-18(28)7-10-24-21(31)32-23(4,5)6/h16-17H,7-15H2,1-6H3,(H,24,31)(H,25,28). The van der Waals surface area contributed by atoms with Gasteiger partial charge in [-0.15, -0.1) is 0 Å². The number of amides is 4. The Labute approximate surface area is 191 Å². The molecule has 0 bridgehead atoms. The molecular formula is C23H40N4O5. The van der Waals surface area contributed by atoms with Gasteiger partial charge in [0.1, 0.15) is 5.60 Å². The van der Waals surface area contributed by atoms with Crippen LogP contribution in [-0.2, 0) is 19.1 Å². The molecule has 182 valence electrons. The topological polar surface area (TPSA) is 108 Å². The highest BCUT2D eigenvalue weighted by atomic mass is 16.6. The highest BCUT2D eigenvalue weighted by molar-refractivity contribution is 5.89. The lowest BCUT2D eigenvalue weighted by Gasteiger charge is -2.34.